The second-order valence-corrected chi connectivity index (χ2v) is 16.0. The average Bonchev–Trinajstić information content (AvgIpc) is 3.96. The number of hydrogen-bond donors (Lipinski definition) is 2. The van der Waals surface area contributed by atoms with Gasteiger partial charge in [0.05, 0.1) is 30.3 Å². The number of ether oxygens (including phenoxy) is 1. The summed E-state index contributed by atoms with van der Waals surface area (Å²) in [6.45, 7) is 10.6. The molecular weight excluding hydrogens is 665 g/mol. The molecule has 4 heterocycles. The first-order chi connectivity index (χ1) is 24.6. The van der Waals surface area contributed by atoms with Crippen LogP contribution in [-0.4, -0.2) is 111 Å². The van der Waals surface area contributed by atoms with Gasteiger partial charge in [0.15, 0.2) is 0 Å². The highest BCUT2D eigenvalue weighted by atomic mass is 32.2. The van der Waals surface area contributed by atoms with Crippen LogP contribution < -0.4 is 24.6 Å². The molecule has 2 aromatic heterocycles. The number of methoxy groups -OCH3 is 1. The van der Waals surface area contributed by atoms with Crippen molar-refractivity contribution in [1.29, 1.82) is 0 Å². The third kappa shape index (κ3) is 7.72. The molecule has 14 heteroatoms. The molecule has 270 valence electrons. The Morgan fingerprint density at radius 2 is 1.73 bits per heavy atom. The largest absolute Gasteiger partial charge is 0.494 e. The molecular formula is C37H48N10O3S. The number of fused-ring (bicyclic) bond motifs is 1. The van der Waals surface area contributed by atoms with Crippen molar-refractivity contribution in [3.05, 3.63) is 60.6 Å². The third-order valence-electron chi connectivity index (χ3n) is 10.4. The molecule has 0 atom stereocenters. The van der Waals surface area contributed by atoms with E-state index in [9.17, 15) is 8.42 Å². The summed E-state index contributed by atoms with van der Waals surface area (Å²) < 4.78 is 32.6. The van der Waals surface area contributed by atoms with Gasteiger partial charge in [0.1, 0.15) is 22.8 Å². The maximum Gasteiger partial charge on any atom is 0.232 e. The minimum Gasteiger partial charge on any atom is -0.494 e. The molecule has 7 rings (SSSR count). The molecule has 0 radical (unpaired) electrons. The molecule has 13 nitrogen and oxygen atoms in total. The van der Waals surface area contributed by atoms with Gasteiger partial charge in [0, 0.05) is 88.3 Å². The van der Waals surface area contributed by atoms with E-state index in [2.05, 4.69) is 66.0 Å². The van der Waals surface area contributed by atoms with Crippen LogP contribution in [0.5, 0.6) is 5.75 Å². The van der Waals surface area contributed by atoms with E-state index in [1.54, 1.807) is 43.9 Å². The summed E-state index contributed by atoms with van der Waals surface area (Å²) >= 11 is 0. The van der Waals surface area contributed by atoms with E-state index >= 15 is 0 Å². The van der Waals surface area contributed by atoms with Crippen molar-refractivity contribution in [3.8, 4) is 5.75 Å². The van der Waals surface area contributed by atoms with Crippen molar-refractivity contribution in [2.75, 3.05) is 86.6 Å². The number of rotatable bonds is 12. The predicted octanol–water partition coefficient (Wildman–Crippen LogP) is 5.12. The van der Waals surface area contributed by atoms with Crippen LogP contribution in [-0.2, 0) is 16.4 Å². The number of nitrogens with one attached hydrogen (secondary N) is 2. The van der Waals surface area contributed by atoms with E-state index in [0.29, 0.717) is 51.7 Å². The minimum absolute atomic E-state index is 0.359. The standard InChI is InChI=1S/C37H48N10O3S/c1-6-26-24-40-37(43-36(26)41-30-10-9-29-34(39-14-13-38-29)35(30)45(3)51(5,48)49)42-31-22-27(21-25-7-8-25)32(23-33(31)50-4)47-15-11-28(12-16-47)46-19-17-44(2)18-20-46/h6,9-10,13-14,22-25,28H,1,7-8,11-12,15-21H2,2-5H3,(H2,40,41,42,43). The van der Waals surface area contributed by atoms with Crippen molar-refractivity contribution in [1.82, 2.24) is 29.7 Å². The monoisotopic (exact) mass is 712 g/mol. The molecule has 2 N–H and O–H groups in total. The number of benzene rings is 2. The van der Waals surface area contributed by atoms with Gasteiger partial charge < -0.3 is 25.2 Å². The number of piperazine rings is 1. The van der Waals surface area contributed by atoms with Gasteiger partial charge in [0.25, 0.3) is 0 Å². The first kappa shape index (κ1) is 34.9. The van der Waals surface area contributed by atoms with Crippen LogP contribution in [0, 0.1) is 5.92 Å². The molecule has 0 bridgehead atoms. The molecule has 0 spiro atoms. The maximum atomic E-state index is 12.7. The lowest BCUT2D eigenvalue weighted by molar-refractivity contribution is 0.0982. The van der Waals surface area contributed by atoms with Gasteiger partial charge in [-0.1, -0.05) is 12.7 Å². The summed E-state index contributed by atoms with van der Waals surface area (Å²) in [7, 11) is 1.78. The molecule has 3 fully saturated rings. The van der Waals surface area contributed by atoms with Gasteiger partial charge in [-0.2, -0.15) is 4.98 Å². The average molecular weight is 713 g/mol. The molecule has 0 amide bonds. The topological polar surface area (TPSA) is 132 Å². The van der Waals surface area contributed by atoms with Gasteiger partial charge in [0.2, 0.25) is 16.0 Å². The fourth-order valence-electron chi connectivity index (χ4n) is 7.19. The molecule has 0 unspecified atom stereocenters. The Morgan fingerprint density at radius 3 is 2.41 bits per heavy atom. The smallest absolute Gasteiger partial charge is 0.232 e. The summed E-state index contributed by atoms with van der Waals surface area (Å²) in [5, 5.41) is 6.77. The van der Waals surface area contributed by atoms with E-state index in [1.165, 1.54) is 48.3 Å². The van der Waals surface area contributed by atoms with Crippen molar-refractivity contribution < 1.29 is 13.2 Å². The van der Waals surface area contributed by atoms with Crippen LogP contribution in [0.25, 0.3) is 17.1 Å². The number of hydrogen-bond acceptors (Lipinski definition) is 12. The highest BCUT2D eigenvalue weighted by Gasteiger charge is 2.30. The van der Waals surface area contributed by atoms with E-state index < -0.39 is 10.0 Å². The number of piperidine rings is 1. The zero-order valence-electron chi connectivity index (χ0n) is 30.0. The predicted molar refractivity (Wildman–Crippen MR) is 205 cm³/mol. The third-order valence-corrected chi connectivity index (χ3v) is 11.6. The SMILES string of the molecule is C=Cc1cnc(Nc2cc(CC3CC3)c(N3CCC(N4CCN(C)CC4)CC3)cc2OC)nc1Nc1ccc2nccnc2c1N(C)S(C)(=O)=O. The Bertz CT molecular complexity index is 2010. The Kier molecular flexibility index (Phi) is 9.99. The van der Waals surface area contributed by atoms with Crippen LogP contribution in [0.1, 0.15) is 36.8 Å². The van der Waals surface area contributed by atoms with Gasteiger partial charge in [-0.05, 0) is 68.8 Å². The fourth-order valence-corrected chi connectivity index (χ4v) is 7.70. The lowest BCUT2D eigenvalue weighted by Gasteiger charge is -2.43. The zero-order valence-corrected chi connectivity index (χ0v) is 30.8. The van der Waals surface area contributed by atoms with Gasteiger partial charge >= 0.3 is 0 Å². The van der Waals surface area contributed by atoms with Crippen molar-refractivity contribution in [2.24, 2.45) is 5.92 Å². The van der Waals surface area contributed by atoms with Crippen LogP contribution in [0.4, 0.5) is 34.5 Å². The van der Waals surface area contributed by atoms with Crippen LogP contribution in [0.2, 0.25) is 0 Å². The van der Waals surface area contributed by atoms with Crippen LogP contribution in [0.3, 0.4) is 0 Å². The van der Waals surface area contributed by atoms with E-state index in [-0.39, 0.29) is 0 Å². The van der Waals surface area contributed by atoms with E-state index in [0.717, 1.165) is 63.4 Å². The molecule has 2 aliphatic heterocycles. The van der Waals surface area contributed by atoms with Gasteiger partial charge in [-0.15, -0.1) is 0 Å². The Hall–Kier alpha value is -4.53. The number of anilines is 6. The summed E-state index contributed by atoms with van der Waals surface area (Å²) in [6, 6.07) is 8.60. The zero-order chi connectivity index (χ0) is 35.7. The van der Waals surface area contributed by atoms with E-state index in [1.807, 2.05) is 0 Å². The molecule has 1 aliphatic carbocycles. The first-order valence-electron chi connectivity index (χ1n) is 17.7. The number of aromatic nitrogens is 4. The lowest BCUT2D eigenvalue weighted by Crippen LogP contribution is -2.52. The minimum atomic E-state index is -3.63. The summed E-state index contributed by atoms with van der Waals surface area (Å²) in [5.74, 6) is 2.24. The number of likely N-dealkylation sites (N-methyl/N-ethyl adjacent to an activating group) is 1. The lowest BCUT2D eigenvalue weighted by atomic mass is 9.98. The second-order valence-electron chi connectivity index (χ2n) is 14.0. The highest BCUT2D eigenvalue weighted by Crippen LogP contribution is 2.42. The highest BCUT2D eigenvalue weighted by molar-refractivity contribution is 7.92. The second kappa shape index (κ2) is 14.6. The maximum absolute atomic E-state index is 12.7. The van der Waals surface area contributed by atoms with Crippen LogP contribution in [0.15, 0.2) is 49.4 Å². The Labute approximate surface area is 300 Å². The Balaban J connectivity index is 1.16. The van der Waals surface area contributed by atoms with Gasteiger partial charge in [-0.25, -0.2) is 13.4 Å². The van der Waals surface area contributed by atoms with Crippen LogP contribution >= 0.6 is 0 Å². The normalized spacial score (nSPS) is 17.8. The van der Waals surface area contributed by atoms with Gasteiger partial charge in [-0.3, -0.25) is 19.2 Å². The summed E-state index contributed by atoms with van der Waals surface area (Å²) in [4.78, 5) is 25.9. The first-order valence-corrected chi connectivity index (χ1v) is 19.6. The molecule has 3 aliphatic rings. The molecule has 2 aromatic carbocycles. The number of nitrogens with zero attached hydrogens (tertiary/aromatic N) is 8. The Morgan fingerprint density at radius 1 is 0.980 bits per heavy atom. The van der Waals surface area contributed by atoms with Crippen molar-refractivity contribution in [3.63, 3.8) is 0 Å². The fraction of sp³-hybridized carbons (Fsp3) is 0.459. The molecule has 51 heavy (non-hydrogen) atoms. The number of sulfonamides is 1. The van der Waals surface area contributed by atoms with Crippen molar-refractivity contribution >= 4 is 61.6 Å². The molecule has 1 saturated carbocycles. The molecule has 4 aromatic rings. The summed E-state index contributed by atoms with van der Waals surface area (Å²) in [5.41, 5.74) is 5.87. The molecule has 2 saturated heterocycles. The summed E-state index contributed by atoms with van der Waals surface area (Å²) in [6.07, 6.45) is 13.5. The van der Waals surface area contributed by atoms with Crippen molar-refractivity contribution in [2.45, 2.75) is 38.1 Å². The quantitative estimate of drug-likeness (QED) is 0.202. The van der Waals surface area contributed by atoms with E-state index in [4.69, 9.17) is 9.72 Å².